The average molecular weight is 388 g/mol. The fourth-order valence-corrected chi connectivity index (χ4v) is 4.29. The summed E-state index contributed by atoms with van der Waals surface area (Å²) in [6.45, 7) is 2.41. The van der Waals surface area contributed by atoms with E-state index in [4.69, 9.17) is 4.74 Å². The lowest BCUT2D eigenvalue weighted by atomic mass is 10.1. The zero-order valence-electron chi connectivity index (χ0n) is 14.9. The monoisotopic (exact) mass is 388 g/mol. The number of sulfonamides is 1. The Labute approximate surface area is 158 Å². The molecule has 0 N–H and O–H groups in total. The second-order valence-corrected chi connectivity index (χ2v) is 8.26. The van der Waals surface area contributed by atoms with Crippen molar-refractivity contribution in [2.24, 2.45) is 0 Å². The van der Waals surface area contributed by atoms with Gasteiger partial charge in [0.25, 0.3) is 0 Å². The van der Waals surface area contributed by atoms with Crippen molar-refractivity contribution in [3.8, 4) is 0 Å². The molecule has 1 aliphatic heterocycles. The van der Waals surface area contributed by atoms with E-state index in [1.54, 1.807) is 19.1 Å². The van der Waals surface area contributed by atoms with Crippen LogP contribution in [0.1, 0.15) is 39.3 Å². The molecular formula is C19H20N2O5S. The number of aryl methyl sites for hydroxylation is 1. The van der Waals surface area contributed by atoms with Crippen molar-refractivity contribution in [2.75, 3.05) is 19.7 Å². The third-order valence-corrected chi connectivity index (χ3v) is 6.27. The lowest BCUT2D eigenvalue weighted by Crippen LogP contribution is -2.27. The summed E-state index contributed by atoms with van der Waals surface area (Å²) in [7, 11) is -3.52. The van der Waals surface area contributed by atoms with Gasteiger partial charge >= 0.3 is 5.97 Å². The van der Waals surface area contributed by atoms with Crippen LogP contribution in [0.3, 0.4) is 0 Å². The van der Waals surface area contributed by atoms with Crippen LogP contribution in [0.25, 0.3) is 0 Å². The molecular weight excluding hydrogens is 368 g/mol. The number of carbonyl (C=O) groups is 2. The number of aromatic nitrogens is 1. The SMILES string of the molecule is Cc1ccc(C(=O)OCC(=O)c2ccc(S(=O)(=O)N3CCCC3)cc2)cn1. The molecule has 1 aromatic carbocycles. The van der Waals surface area contributed by atoms with Crippen LogP contribution in [0.15, 0.2) is 47.5 Å². The minimum Gasteiger partial charge on any atom is -0.454 e. The number of rotatable bonds is 6. The highest BCUT2D eigenvalue weighted by atomic mass is 32.2. The molecule has 8 heteroatoms. The number of pyridine rings is 1. The Hall–Kier alpha value is -2.58. The lowest BCUT2D eigenvalue weighted by molar-refractivity contribution is 0.0474. The molecule has 3 rings (SSSR count). The summed E-state index contributed by atoms with van der Waals surface area (Å²) in [5.41, 5.74) is 1.32. The summed E-state index contributed by atoms with van der Waals surface area (Å²) in [6.07, 6.45) is 3.11. The van der Waals surface area contributed by atoms with Gasteiger partial charge in [-0.25, -0.2) is 13.2 Å². The van der Waals surface area contributed by atoms with Gasteiger partial charge in [-0.2, -0.15) is 4.31 Å². The lowest BCUT2D eigenvalue weighted by Gasteiger charge is -2.15. The maximum Gasteiger partial charge on any atom is 0.340 e. The first-order valence-corrected chi connectivity index (χ1v) is 10.0. The molecule has 0 unspecified atom stereocenters. The van der Waals surface area contributed by atoms with Crippen molar-refractivity contribution in [3.05, 3.63) is 59.4 Å². The summed E-state index contributed by atoms with van der Waals surface area (Å²) in [5.74, 6) is -1.04. The number of hydrogen-bond donors (Lipinski definition) is 0. The second kappa shape index (κ2) is 7.98. The molecule has 0 bridgehead atoms. The molecule has 0 saturated carbocycles. The van der Waals surface area contributed by atoms with E-state index in [0.29, 0.717) is 13.1 Å². The fourth-order valence-electron chi connectivity index (χ4n) is 2.78. The van der Waals surface area contributed by atoms with Gasteiger partial charge in [0.1, 0.15) is 0 Å². The molecule has 0 atom stereocenters. The second-order valence-electron chi connectivity index (χ2n) is 6.32. The number of nitrogens with zero attached hydrogens (tertiary/aromatic N) is 2. The molecule has 1 aliphatic rings. The van der Waals surface area contributed by atoms with Crippen molar-refractivity contribution >= 4 is 21.8 Å². The van der Waals surface area contributed by atoms with Crippen molar-refractivity contribution < 1.29 is 22.7 Å². The van der Waals surface area contributed by atoms with E-state index in [1.165, 1.54) is 34.8 Å². The largest absolute Gasteiger partial charge is 0.454 e. The predicted octanol–water partition coefficient (Wildman–Crippen LogP) is 2.21. The Kier molecular flexibility index (Phi) is 5.67. The first-order valence-electron chi connectivity index (χ1n) is 8.61. The topological polar surface area (TPSA) is 93.6 Å². The van der Waals surface area contributed by atoms with Crippen LogP contribution in [-0.2, 0) is 14.8 Å². The van der Waals surface area contributed by atoms with Crippen LogP contribution >= 0.6 is 0 Å². The fraction of sp³-hybridized carbons (Fsp3) is 0.316. The summed E-state index contributed by atoms with van der Waals surface area (Å²) >= 11 is 0. The van der Waals surface area contributed by atoms with Crippen LogP contribution in [-0.4, -0.2) is 49.2 Å². The first-order chi connectivity index (χ1) is 12.9. The Morgan fingerprint density at radius 1 is 1.04 bits per heavy atom. The van der Waals surface area contributed by atoms with E-state index in [-0.39, 0.29) is 16.0 Å². The van der Waals surface area contributed by atoms with Gasteiger partial charge in [0.2, 0.25) is 10.0 Å². The van der Waals surface area contributed by atoms with E-state index >= 15 is 0 Å². The highest BCUT2D eigenvalue weighted by molar-refractivity contribution is 7.89. The Morgan fingerprint density at radius 2 is 1.67 bits per heavy atom. The van der Waals surface area contributed by atoms with Gasteiger partial charge in [0.15, 0.2) is 12.4 Å². The average Bonchev–Trinajstić information content (AvgIpc) is 3.22. The third-order valence-electron chi connectivity index (χ3n) is 4.36. The summed E-state index contributed by atoms with van der Waals surface area (Å²) in [4.78, 5) is 28.3. The zero-order chi connectivity index (χ0) is 19.4. The molecule has 27 heavy (non-hydrogen) atoms. The molecule has 0 aliphatic carbocycles. The summed E-state index contributed by atoms with van der Waals surface area (Å²) in [6, 6.07) is 8.95. The Morgan fingerprint density at radius 3 is 2.26 bits per heavy atom. The maximum absolute atomic E-state index is 12.5. The number of hydrogen-bond acceptors (Lipinski definition) is 6. The molecule has 7 nitrogen and oxygen atoms in total. The minimum absolute atomic E-state index is 0.156. The molecule has 0 spiro atoms. The Bertz CT molecular complexity index is 931. The van der Waals surface area contributed by atoms with Gasteiger partial charge in [-0.05, 0) is 56.2 Å². The van der Waals surface area contributed by atoms with Crippen molar-refractivity contribution in [1.29, 1.82) is 0 Å². The smallest absolute Gasteiger partial charge is 0.340 e. The van der Waals surface area contributed by atoms with E-state index in [2.05, 4.69) is 4.98 Å². The highest BCUT2D eigenvalue weighted by Gasteiger charge is 2.27. The third kappa shape index (κ3) is 4.40. The molecule has 0 radical (unpaired) electrons. The molecule has 142 valence electrons. The predicted molar refractivity (Wildman–Crippen MR) is 98.0 cm³/mol. The standard InChI is InChI=1S/C19H20N2O5S/c1-14-4-5-16(12-20-14)19(23)26-13-18(22)15-6-8-17(9-7-15)27(24,25)21-10-2-3-11-21/h4-9,12H,2-3,10-11,13H2,1H3. The van der Waals surface area contributed by atoms with Crippen LogP contribution < -0.4 is 0 Å². The quantitative estimate of drug-likeness (QED) is 0.556. The molecule has 1 saturated heterocycles. The van der Waals surface area contributed by atoms with Gasteiger partial charge in [-0.3, -0.25) is 9.78 Å². The zero-order valence-corrected chi connectivity index (χ0v) is 15.7. The number of ether oxygens (including phenoxy) is 1. The van der Waals surface area contributed by atoms with Crippen molar-refractivity contribution in [3.63, 3.8) is 0 Å². The van der Waals surface area contributed by atoms with E-state index < -0.39 is 28.4 Å². The van der Waals surface area contributed by atoms with E-state index in [9.17, 15) is 18.0 Å². The van der Waals surface area contributed by atoms with Crippen LogP contribution in [0.4, 0.5) is 0 Å². The van der Waals surface area contributed by atoms with Gasteiger partial charge in [0.05, 0.1) is 10.5 Å². The van der Waals surface area contributed by atoms with Crippen molar-refractivity contribution in [2.45, 2.75) is 24.7 Å². The molecule has 2 aromatic rings. The van der Waals surface area contributed by atoms with Crippen LogP contribution in [0.5, 0.6) is 0 Å². The van der Waals surface area contributed by atoms with Crippen LogP contribution in [0, 0.1) is 6.92 Å². The van der Waals surface area contributed by atoms with Crippen LogP contribution in [0.2, 0.25) is 0 Å². The number of carbonyl (C=O) groups excluding carboxylic acids is 2. The number of ketones is 1. The molecule has 2 heterocycles. The summed E-state index contributed by atoms with van der Waals surface area (Å²) in [5, 5.41) is 0. The normalized spacial score (nSPS) is 14.9. The molecule has 1 fully saturated rings. The summed E-state index contributed by atoms with van der Waals surface area (Å²) < 4.78 is 31.4. The van der Waals surface area contributed by atoms with Gasteiger partial charge in [-0.15, -0.1) is 0 Å². The maximum atomic E-state index is 12.5. The van der Waals surface area contributed by atoms with Crippen molar-refractivity contribution in [1.82, 2.24) is 9.29 Å². The molecule has 1 aromatic heterocycles. The first kappa shape index (κ1) is 19.2. The van der Waals surface area contributed by atoms with Gasteiger partial charge < -0.3 is 4.74 Å². The van der Waals surface area contributed by atoms with Gasteiger partial charge in [0, 0.05) is 30.5 Å². The van der Waals surface area contributed by atoms with E-state index in [0.717, 1.165) is 18.5 Å². The van der Waals surface area contributed by atoms with E-state index in [1.807, 2.05) is 0 Å². The molecule has 0 amide bonds. The number of esters is 1. The van der Waals surface area contributed by atoms with Gasteiger partial charge in [-0.1, -0.05) is 0 Å². The Balaban J connectivity index is 1.62. The minimum atomic E-state index is -3.52. The number of Topliss-reactive ketones (excluding diaryl/α,β-unsaturated/α-hetero) is 1. The highest BCUT2D eigenvalue weighted by Crippen LogP contribution is 2.21. The number of benzene rings is 1.